The Hall–Kier alpha value is -3.77. The minimum absolute atomic E-state index is 0.128. The molecule has 0 aliphatic carbocycles. The molecule has 0 amide bonds. The van der Waals surface area contributed by atoms with Crippen molar-refractivity contribution < 1.29 is 24.2 Å². The third-order valence-electron chi connectivity index (χ3n) is 5.58. The predicted octanol–water partition coefficient (Wildman–Crippen LogP) is 5.82. The van der Waals surface area contributed by atoms with Gasteiger partial charge in [0.05, 0.1) is 12.6 Å². The Balaban J connectivity index is 1.80. The van der Waals surface area contributed by atoms with Crippen LogP contribution >= 0.6 is 11.6 Å². The van der Waals surface area contributed by atoms with Crippen molar-refractivity contribution in [2.24, 2.45) is 0 Å². The third-order valence-corrected chi connectivity index (χ3v) is 5.82. The van der Waals surface area contributed by atoms with Crippen LogP contribution in [0.3, 0.4) is 0 Å². The highest BCUT2D eigenvalue weighted by Gasteiger charge is 2.29. The Bertz CT molecular complexity index is 1370. The maximum atomic E-state index is 13.4. The summed E-state index contributed by atoms with van der Waals surface area (Å²) in [5.74, 6) is -0.133. The number of carboxylic acid groups (broad SMARTS) is 1. The number of aliphatic carboxylic acids is 1. The number of ketones is 1. The number of nitrogens with zero attached hydrogens (tertiary/aromatic N) is 1. The Labute approximate surface area is 202 Å². The second kappa shape index (κ2) is 9.23. The molecule has 7 heteroatoms. The summed E-state index contributed by atoms with van der Waals surface area (Å²) in [5.41, 5.74) is 1.38. The summed E-state index contributed by atoms with van der Waals surface area (Å²) in [6, 6.07) is 19.7. The number of hydrogen-bond donors (Lipinski definition) is 1. The minimum Gasteiger partial charge on any atom is -0.497 e. The van der Waals surface area contributed by atoms with Gasteiger partial charge < -0.3 is 19.1 Å². The highest BCUT2D eigenvalue weighted by molar-refractivity contribution is 6.30. The average molecular weight is 478 g/mol. The largest absolute Gasteiger partial charge is 0.497 e. The van der Waals surface area contributed by atoms with Crippen molar-refractivity contribution in [3.8, 4) is 11.5 Å². The van der Waals surface area contributed by atoms with Crippen molar-refractivity contribution in [2.45, 2.75) is 26.0 Å². The maximum absolute atomic E-state index is 13.4. The highest BCUT2D eigenvalue weighted by atomic mass is 35.5. The van der Waals surface area contributed by atoms with Crippen molar-refractivity contribution in [2.75, 3.05) is 7.11 Å². The smallest absolute Gasteiger partial charge is 0.347 e. The number of carboxylic acids is 1. The molecular weight excluding hydrogens is 454 g/mol. The molecule has 174 valence electrons. The molecule has 0 saturated heterocycles. The topological polar surface area (TPSA) is 77.8 Å². The highest BCUT2D eigenvalue weighted by Crippen LogP contribution is 2.30. The molecule has 0 atom stereocenters. The van der Waals surface area contributed by atoms with E-state index in [1.165, 1.54) is 13.8 Å². The van der Waals surface area contributed by atoms with Crippen LogP contribution in [-0.2, 0) is 11.3 Å². The van der Waals surface area contributed by atoms with Gasteiger partial charge in [-0.05, 0) is 67.9 Å². The zero-order valence-electron chi connectivity index (χ0n) is 19.0. The van der Waals surface area contributed by atoms with Gasteiger partial charge in [0.15, 0.2) is 11.4 Å². The number of rotatable bonds is 8. The Morgan fingerprint density at radius 3 is 2.35 bits per heavy atom. The normalized spacial score (nSPS) is 11.4. The molecule has 6 nitrogen and oxygen atoms in total. The molecule has 1 heterocycles. The fourth-order valence-electron chi connectivity index (χ4n) is 3.72. The minimum atomic E-state index is -1.40. The summed E-state index contributed by atoms with van der Waals surface area (Å²) in [7, 11) is 1.57. The SMILES string of the molecule is COc1ccc(C(=O)c2cn(Cc3cccc(Cl)c3)c3cc(OC(C)(C)C(=O)O)ccc23)cc1. The van der Waals surface area contributed by atoms with E-state index in [1.54, 1.807) is 55.6 Å². The molecule has 3 aromatic carbocycles. The van der Waals surface area contributed by atoms with Gasteiger partial charge in [-0.15, -0.1) is 0 Å². The second-order valence-electron chi connectivity index (χ2n) is 8.45. The molecule has 4 rings (SSSR count). The number of hydrogen-bond acceptors (Lipinski definition) is 4. The maximum Gasteiger partial charge on any atom is 0.347 e. The summed E-state index contributed by atoms with van der Waals surface area (Å²) in [5, 5.41) is 10.8. The summed E-state index contributed by atoms with van der Waals surface area (Å²) < 4.78 is 12.9. The molecule has 0 fully saturated rings. The van der Waals surface area contributed by atoms with Crippen LogP contribution in [0.25, 0.3) is 10.9 Å². The van der Waals surface area contributed by atoms with E-state index in [1.807, 2.05) is 29.0 Å². The van der Waals surface area contributed by atoms with Crippen LogP contribution in [0, 0.1) is 0 Å². The van der Waals surface area contributed by atoms with Gasteiger partial charge in [-0.25, -0.2) is 4.79 Å². The Morgan fingerprint density at radius 2 is 1.71 bits per heavy atom. The molecule has 4 aromatic rings. The Morgan fingerprint density at radius 1 is 1.00 bits per heavy atom. The lowest BCUT2D eigenvalue weighted by Crippen LogP contribution is -2.37. The summed E-state index contributed by atoms with van der Waals surface area (Å²) in [6.45, 7) is 3.45. The molecule has 1 N–H and O–H groups in total. The summed E-state index contributed by atoms with van der Waals surface area (Å²) in [4.78, 5) is 24.9. The number of ether oxygens (including phenoxy) is 2. The number of halogens is 1. The lowest BCUT2D eigenvalue weighted by atomic mass is 10.0. The van der Waals surface area contributed by atoms with Crippen molar-refractivity contribution in [1.29, 1.82) is 0 Å². The first-order chi connectivity index (χ1) is 16.2. The van der Waals surface area contributed by atoms with E-state index in [0.717, 1.165) is 16.5 Å². The van der Waals surface area contributed by atoms with Crippen LogP contribution in [0.1, 0.15) is 35.3 Å². The molecular formula is C27H24ClNO5. The van der Waals surface area contributed by atoms with E-state index in [0.29, 0.717) is 34.2 Å². The average Bonchev–Trinajstić information content (AvgIpc) is 3.16. The van der Waals surface area contributed by atoms with Crippen LogP contribution in [0.5, 0.6) is 11.5 Å². The molecule has 0 unspecified atom stereocenters. The number of fused-ring (bicyclic) bond motifs is 1. The van der Waals surface area contributed by atoms with E-state index in [-0.39, 0.29) is 5.78 Å². The quantitative estimate of drug-likeness (QED) is 0.323. The molecule has 0 spiro atoms. The number of benzene rings is 3. The zero-order chi connectivity index (χ0) is 24.5. The van der Waals surface area contributed by atoms with E-state index >= 15 is 0 Å². The molecule has 1 aromatic heterocycles. The molecule has 0 radical (unpaired) electrons. The predicted molar refractivity (Wildman–Crippen MR) is 131 cm³/mol. The first kappa shape index (κ1) is 23.4. The van der Waals surface area contributed by atoms with E-state index in [2.05, 4.69) is 0 Å². The van der Waals surface area contributed by atoms with Crippen LogP contribution < -0.4 is 9.47 Å². The van der Waals surface area contributed by atoms with Crippen LogP contribution in [-0.4, -0.2) is 34.1 Å². The molecule has 34 heavy (non-hydrogen) atoms. The van der Waals surface area contributed by atoms with Crippen LogP contribution in [0.2, 0.25) is 5.02 Å². The van der Waals surface area contributed by atoms with Crippen molar-refractivity contribution >= 4 is 34.3 Å². The zero-order valence-corrected chi connectivity index (χ0v) is 19.8. The molecule has 0 saturated carbocycles. The van der Waals surface area contributed by atoms with E-state index in [4.69, 9.17) is 21.1 Å². The summed E-state index contributed by atoms with van der Waals surface area (Å²) in [6.07, 6.45) is 1.81. The Kier molecular flexibility index (Phi) is 6.35. The molecule has 0 bridgehead atoms. The first-order valence-corrected chi connectivity index (χ1v) is 11.0. The number of aromatic nitrogens is 1. The van der Waals surface area contributed by atoms with Gasteiger partial charge in [-0.2, -0.15) is 0 Å². The van der Waals surface area contributed by atoms with Crippen molar-refractivity contribution in [3.63, 3.8) is 0 Å². The lowest BCUT2D eigenvalue weighted by Gasteiger charge is -2.21. The number of methoxy groups -OCH3 is 1. The second-order valence-corrected chi connectivity index (χ2v) is 8.89. The van der Waals surface area contributed by atoms with Crippen molar-refractivity contribution in [1.82, 2.24) is 4.57 Å². The monoisotopic (exact) mass is 477 g/mol. The fourth-order valence-corrected chi connectivity index (χ4v) is 3.93. The standard InChI is InChI=1S/C27H24ClNO5/c1-27(2,26(31)32)34-21-11-12-22-23(25(30)18-7-9-20(33-3)10-8-18)16-29(24(22)14-21)15-17-5-4-6-19(28)13-17/h4-14,16H,15H2,1-3H3,(H,31,32). The van der Waals surface area contributed by atoms with Gasteiger partial charge in [-0.1, -0.05) is 23.7 Å². The summed E-state index contributed by atoms with van der Waals surface area (Å²) >= 11 is 6.17. The number of carbonyl (C=O) groups excluding carboxylic acids is 1. The first-order valence-electron chi connectivity index (χ1n) is 10.7. The number of carbonyl (C=O) groups is 2. The van der Waals surface area contributed by atoms with E-state index < -0.39 is 11.6 Å². The van der Waals surface area contributed by atoms with Gasteiger partial charge in [-0.3, -0.25) is 4.79 Å². The lowest BCUT2D eigenvalue weighted by molar-refractivity contribution is -0.152. The van der Waals surface area contributed by atoms with E-state index in [9.17, 15) is 14.7 Å². The van der Waals surface area contributed by atoms with Gasteiger partial charge in [0.2, 0.25) is 0 Å². The molecule has 0 aliphatic rings. The van der Waals surface area contributed by atoms with Crippen molar-refractivity contribution in [3.05, 3.63) is 94.6 Å². The van der Waals surface area contributed by atoms with Gasteiger partial charge in [0.25, 0.3) is 0 Å². The van der Waals surface area contributed by atoms with Gasteiger partial charge in [0, 0.05) is 40.3 Å². The van der Waals surface area contributed by atoms with Crippen LogP contribution in [0.15, 0.2) is 72.9 Å². The van der Waals surface area contributed by atoms with Gasteiger partial charge >= 0.3 is 5.97 Å². The van der Waals surface area contributed by atoms with Gasteiger partial charge in [0.1, 0.15) is 11.5 Å². The fraction of sp³-hybridized carbons (Fsp3) is 0.185. The van der Waals surface area contributed by atoms with Crippen LogP contribution in [0.4, 0.5) is 0 Å². The third kappa shape index (κ3) is 4.77. The molecule has 0 aliphatic heterocycles.